The summed E-state index contributed by atoms with van der Waals surface area (Å²) in [6, 6.07) is 0. The molecule has 0 aromatic carbocycles. The van der Waals surface area contributed by atoms with Gasteiger partial charge in [-0.15, -0.1) is 0 Å². The number of fused-ring (bicyclic) bond motifs is 1. The summed E-state index contributed by atoms with van der Waals surface area (Å²) in [6.45, 7) is 0.715. The molecule has 2 nitrogen and oxygen atoms in total. The Bertz CT molecular complexity index is 265. The third-order valence-electron chi connectivity index (χ3n) is 2.79. The van der Waals surface area contributed by atoms with E-state index in [2.05, 4.69) is 0 Å². The smallest absolute Gasteiger partial charge is 0.181 e. The minimum Gasteiger partial charge on any atom is -0.330 e. The van der Waals surface area contributed by atoms with Crippen LogP contribution in [-0.2, 0) is 4.79 Å². The summed E-state index contributed by atoms with van der Waals surface area (Å²) in [6.07, 6.45) is 7.83. The molecule has 2 aliphatic carbocycles. The van der Waals surface area contributed by atoms with E-state index in [0.717, 1.165) is 18.4 Å². The van der Waals surface area contributed by atoms with Crippen LogP contribution in [0.3, 0.4) is 0 Å². The van der Waals surface area contributed by atoms with Gasteiger partial charge in [-0.05, 0) is 42.9 Å². The topological polar surface area (TPSA) is 43.1 Å². The largest absolute Gasteiger partial charge is 0.330 e. The van der Waals surface area contributed by atoms with Gasteiger partial charge in [0.2, 0.25) is 0 Å². The maximum Gasteiger partial charge on any atom is 0.181 e. The zero-order valence-corrected chi connectivity index (χ0v) is 6.99. The van der Waals surface area contributed by atoms with Gasteiger partial charge < -0.3 is 5.73 Å². The van der Waals surface area contributed by atoms with Crippen LogP contribution in [0.5, 0.6) is 0 Å². The van der Waals surface area contributed by atoms with Gasteiger partial charge in [0.1, 0.15) is 0 Å². The van der Waals surface area contributed by atoms with Crippen LogP contribution in [0.4, 0.5) is 0 Å². The van der Waals surface area contributed by atoms with Gasteiger partial charge in [-0.2, -0.15) is 0 Å². The van der Waals surface area contributed by atoms with Gasteiger partial charge in [0.25, 0.3) is 0 Å². The van der Waals surface area contributed by atoms with Crippen molar-refractivity contribution in [3.05, 3.63) is 23.8 Å². The molecule has 0 fully saturated rings. The molecule has 64 valence electrons. The fraction of sp³-hybridized carbons (Fsp3) is 0.500. The van der Waals surface area contributed by atoms with Gasteiger partial charge in [-0.1, -0.05) is 12.2 Å². The van der Waals surface area contributed by atoms with Crippen molar-refractivity contribution < 1.29 is 4.79 Å². The highest BCUT2D eigenvalue weighted by Gasteiger charge is 2.33. The van der Waals surface area contributed by atoms with Crippen molar-refractivity contribution in [2.75, 3.05) is 6.54 Å². The monoisotopic (exact) mass is 163 g/mol. The van der Waals surface area contributed by atoms with Crippen molar-refractivity contribution in [2.24, 2.45) is 17.6 Å². The summed E-state index contributed by atoms with van der Waals surface area (Å²) in [4.78, 5) is 11.2. The Morgan fingerprint density at radius 1 is 1.58 bits per heavy atom. The lowest BCUT2D eigenvalue weighted by molar-refractivity contribution is -0.112. The van der Waals surface area contributed by atoms with Gasteiger partial charge >= 0.3 is 0 Å². The molecule has 2 unspecified atom stereocenters. The normalized spacial score (nSPS) is 32.4. The summed E-state index contributed by atoms with van der Waals surface area (Å²) >= 11 is 0. The molecule has 12 heavy (non-hydrogen) atoms. The van der Waals surface area contributed by atoms with Crippen molar-refractivity contribution in [1.82, 2.24) is 0 Å². The maximum atomic E-state index is 11.2. The second-order valence-corrected chi connectivity index (χ2v) is 3.47. The van der Waals surface area contributed by atoms with Crippen molar-refractivity contribution >= 4 is 5.78 Å². The molecule has 0 aliphatic heterocycles. The van der Waals surface area contributed by atoms with Gasteiger partial charge in [0, 0.05) is 0 Å². The van der Waals surface area contributed by atoms with Crippen LogP contribution in [0.15, 0.2) is 23.8 Å². The third kappa shape index (κ3) is 1.03. The molecule has 0 heterocycles. The standard InChI is InChI=1S/C10H13NO/c11-6-5-7-1-4-10(12)9-3-2-8(7)9/h1,3-4,7-8H,2,5-6,11H2. The molecule has 0 saturated heterocycles. The molecule has 0 amide bonds. The Morgan fingerprint density at radius 2 is 2.42 bits per heavy atom. The van der Waals surface area contributed by atoms with E-state index in [1.54, 1.807) is 6.08 Å². The highest BCUT2D eigenvalue weighted by Crippen LogP contribution is 2.39. The predicted molar refractivity (Wildman–Crippen MR) is 47.5 cm³/mol. The van der Waals surface area contributed by atoms with Gasteiger partial charge in [0.05, 0.1) is 0 Å². The molecule has 0 spiro atoms. The molecule has 0 aromatic rings. The molecule has 2 heteroatoms. The second-order valence-electron chi connectivity index (χ2n) is 3.47. The number of rotatable bonds is 2. The van der Waals surface area contributed by atoms with E-state index in [-0.39, 0.29) is 5.78 Å². The Kier molecular flexibility index (Phi) is 1.85. The van der Waals surface area contributed by atoms with Gasteiger partial charge in [-0.3, -0.25) is 4.79 Å². The van der Waals surface area contributed by atoms with E-state index in [0.29, 0.717) is 18.4 Å². The Morgan fingerprint density at radius 3 is 3.00 bits per heavy atom. The number of carbonyl (C=O) groups is 1. The summed E-state index contributed by atoms with van der Waals surface area (Å²) in [7, 11) is 0. The molecule has 2 N–H and O–H groups in total. The molecular weight excluding hydrogens is 150 g/mol. The molecule has 2 atom stereocenters. The second kappa shape index (κ2) is 2.87. The zero-order valence-electron chi connectivity index (χ0n) is 6.99. The molecule has 0 bridgehead atoms. The predicted octanol–water partition coefficient (Wildman–Crippen LogP) is 1.04. The molecule has 0 saturated carbocycles. The van der Waals surface area contributed by atoms with Crippen LogP contribution in [-0.4, -0.2) is 12.3 Å². The Labute approximate surface area is 72.1 Å². The maximum absolute atomic E-state index is 11.2. The lowest BCUT2D eigenvalue weighted by atomic mass is 9.69. The number of allylic oxidation sites excluding steroid dienone is 4. The fourth-order valence-corrected chi connectivity index (χ4v) is 1.99. The van der Waals surface area contributed by atoms with Crippen LogP contribution >= 0.6 is 0 Å². The molecule has 0 radical (unpaired) electrons. The SMILES string of the molecule is NCCC1C=CC(=O)C2=CCC21. The van der Waals surface area contributed by atoms with Crippen molar-refractivity contribution in [2.45, 2.75) is 12.8 Å². The first-order chi connectivity index (χ1) is 5.83. The highest BCUT2D eigenvalue weighted by molar-refractivity contribution is 6.06. The number of hydrogen-bond acceptors (Lipinski definition) is 2. The summed E-state index contributed by atoms with van der Waals surface area (Å²) in [5.41, 5.74) is 6.51. The molecular formula is C10H13NO. The van der Waals surface area contributed by atoms with Crippen LogP contribution in [0.1, 0.15) is 12.8 Å². The summed E-state index contributed by atoms with van der Waals surface area (Å²) in [5, 5.41) is 0. The average Bonchev–Trinajstić information content (AvgIpc) is 1.96. The number of carbonyl (C=O) groups excluding carboxylic acids is 1. The Hall–Kier alpha value is -0.890. The number of ketones is 1. The highest BCUT2D eigenvalue weighted by atomic mass is 16.1. The first-order valence-corrected chi connectivity index (χ1v) is 4.45. The fourth-order valence-electron chi connectivity index (χ4n) is 1.99. The van der Waals surface area contributed by atoms with E-state index in [9.17, 15) is 4.79 Å². The number of nitrogens with two attached hydrogens (primary N) is 1. The van der Waals surface area contributed by atoms with E-state index in [1.165, 1.54) is 0 Å². The van der Waals surface area contributed by atoms with Crippen LogP contribution in [0, 0.1) is 11.8 Å². The van der Waals surface area contributed by atoms with Crippen LogP contribution in [0.2, 0.25) is 0 Å². The third-order valence-corrected chi connectivity index (χ3v) is 2.79. The lowest BCUT2D eigenvalue weighted by Gasteiger charge is -2.34. The lowest BCUT2D eigenvalue weighted by Crippen LogP contribution is -2.30. The van der Waals surface area contributed by atoms with E-state index in [1.807, 2.05) is 12.2 Å². The van der Waals surface area contributed by atoms with Gasteiger partial charge in [-0.25, -0.2) is 0 Å². The van der Waals surface area contributed by atoms with E-state index in [4.69, 9.17) is 5.73 Å². The molecule has 0 aromatic heterocycles. The van der Waals surface area contributed by atoms with Crippen molar-refractivity contribution in [3.8, 4) is 0 Å². The summed E-state index contributed by atoms with van der Waals surface area (Å²) < 4.78 is 0. The van der Waals surface area contributed by atoms with Crippen LogP contribution in [0.25, 0.3) is 0 Å². The minimum atomic E-state index is 0.208. The summed E-state index contributed by atoms with van der Waals surface area (Å²) in [5.74, 6) is 1.22. The van der Waals surface area contributed by atoms with Crippen LogP contribution < -0.4 is 5.73 Å². The average molecular weight is 163 g/mol. The molecule has 2 aliphatic rings. The Balaban J connectivity index is 2.15. The number of hydrogen-bond donors (Lipinski definition) is 1. The van der Waals surface area contributed by atoms with E-state index >= 15 is 0 Å². The first-order valence-electron chi connectivity index (χ1n) is 4.45. The molecule has 2 rings (SSSR count). The van der Waals surface area contributed by atoms with Crippen molar-refractivity contribution in [1.29, 1.82) is 0 Å². The minimum absolute atomic E-state index is 0.208. The van der Waals surface area contributed by atoms with Gasteiger partial charge in [0.15, 0.2) is 5.78 Å². The van der Waals surface area contributed by atoms with E-state index < -0.39 is 0 Å². The van der Waals surface area contributed by atoms with Crippen molar-refractivity contribution in [3.63, 3.8) is 0 Å². The zero-order chi connectivity index (χ0) is 8.55. The quantitative estimate of drug-likeness (QED) is 0.661. The first kappa shape index (κ1) is 7.74.